The van der Waals surface area contributed by atoms with Crippen molar-refractivity contribution in [3.63, 3.8) is 0 Å². The first-order valence-corrected chi connectivity index (χ1v) is 9.19. The summed E-state index contributed by atoms with van der Waals surface area (Å²) in [6.07, 6.45) is 0.555. The lowest BCUT2D eigenvalue weighted by atomic mass is 10.2. The van der Waals surface area contributed by atoms with Crippen molar-refractivity contribution in [2.45, 2.75) is 18.6 Å². The fraction of sp³-hybridized carbons (Fsp3) is 0.211. The van der Waals surface area contributed by atoms with Gasteiger partial charge in [0.2, 0.25) is 11.8 Å². The topological polar surface area (TPSA) is 59.2 Å². The average molecular weight is 371 g/mol. The summed E-state index contributed by atoms with van der Waals surface area (Å²) >= 11 is 1.20. The fourth-order valence-electron chi connectivity index (χ4n) is 2.46. The second-order valence-corrected chi connectivity index (χ2v) is 6.45. The van der Waals surface area contributed by atoms with Crippen molar-refractivity contribution in [2.75, 3.05) is 17.2 Å². The Kier molecular flexibility index (Phi) is 6.01. The lowest BCUT2D eigenvalue weighted by molar-refractivity contribution is -0.116. The molecule has 7 heteroatoms. The second kappa shape index (κ2) is 8.62. The summed E-state index contributed by atoms with van der Waals surface area (Å²) in [7, 11) is 0. The molecular formula is C19H18FN3O2S. The Bertz CT molecular complexity index is 853. The minimum absolute atomic E-state index is 0.105. The van der Waals surface area contributed by atoms with Gasteiger partial charge < -0.3 is 9.32 Å². The van der Waals surface area contributed by atoms with Gasteiger partial charge in [-0.1, -0.05) is 42.1 Å². The Morgan fingerprint density at radius 3 is 2.54 bits per heavy atom. The van der Waals surface area contributed by atoms with Crippen LogP contribution in [0.1, 0.15) is 18.4 Å². The largest absolute Gasteiger partial charge is 0.416 e. The van der Waals surface area contributed by atoms with E-state index in [-0.39, 0.29) is 17.5 Å². The first-order valence-electron chi connectivity index (χ1n) is 8.20. The number of aromatic nitrogens is 2. The van der Waals surface area contributed by atoms with Gasteiger partial charge in [0.05, 0.1) is 12.2 Å². The van der Waals surface area contributed by atoms with Crippen LogP contribution in [0, 0.1) is 5.82 Å². The van der Waals surface area contributed by atoms with Crippen molar-refractivity contribution in [2.24, 2.45) is 0 Å². The van der Waals surface area contributed by atoms with Crippen LogP contribution in [0.15, 0.2) is 64.2 Å². The van der Waals surface area contributed by atoms with Crippen LogP contribution in [-0.2, 0) is 11.2 Å². The lowest BCUT2D eigenvalue weighted by Crippen LogP contribution is -2.32. The number of amides is 1. The zero-order valence-corrected chi connectivity index (χ0v) is 15.1. The van der Waals surface area contributed by atoms with E-state index in [1.54, 1.807) is 17.0 Å². The highest BCUT2D eigenvalue weighted by Gasteiger charge is 2.16. The number of hydrogen-bond donors (Lipinski definition) is 0. The monoisotopic (exact) mass is 371 g/mol. The highest BCUT2D eigenvalue weighted by molar-refractivity contribution is 7.99. The first-order chi connectivity index (χ1) is 12.7. The van der Waals surface area contributed by atoms with Gasteiger partial charge in [-0.05, 0) is 36.8 Å². The predicted octanol–water partition coefficient (Wildman–Crippen LogP) is 3.94. The van der Waals surface area contributed by atoms with Gasteiger partial charge in [-0.15, -0.1) is 10.2 Å². The molecule has 0 aliphatic heterocycles. The van der Waals surface area contributed by atoms with Crippen molar-refractivity contribution in [3.05, 3.63) is 71.9 Å². The number of hydrogen-bond acceptors (Lipinski definition) is 5. The molecule has 5 nitrogen and oxygen atoms in total. The Morgan fingerprint density at radius 1 is 1.12 bits per heavy atom. The lowest BCUT2D eigenvalue weighted by Gasteiger charge is -2.20. The SMILES string of the molecule is CCN(C(=O)CSc1nnc(Cc2ccccc2)o1)c1ccc(F)cc1. The zero-order chi connectivity index (χ0) is 18.4. The molecule has 1 aromatic heterocycles. The van der Waals surface area contributed by atoms with Gasteiger partial charge in [0.25, 0.3) is 5.22 Å². The van der Waals surface area contributed by atoms with Crippen LogP contribution in [0.2, 0.25) is 0 Å². The number of anilines is 1. The van der Waals surface area contributed by atoms with Gasteiger partial charge in [0.1, 0.15) is 5.82 Å². The molecule has 0 aliphatic rings. The summed E-state index contributed by atoms with van der Waals surface area (Å²) in [6, 6.07) is 15.7. The smallest absolute Gasteiger partial charge is 0.277 e. The Morgan fingerprint density at radius 2 is 1.85 bits per heavy atom. The molecule has 134 valence electrons. The second-order valence-electron chi connectivity index (χ2n) is 5.53. The van der Waals surface area contributed by atoms with Crippen LogP contribution in [0.3, 0.4) is 0 Å². The number of nitrogens with zero attached hydrogens (tertiary/aromatic N) is 3. The van der Waals surface area contributed by atoms with Crippen LogP contribution in [-0.4, -0.2) is 28.4 Å². The molecule has 1 heterocycles. The number of halogens is 1. The summed E-state index contributed by atoms with van der Waals surface area (Å²) < 4.78 is 18.6. The van der Waals surface area contributed by atoms with Gasteiger partial charge in [-0.2, -0.15) is 0 Å². The molecule has 26 heavy (non-hydrogen) atoms. The molecule has 0 saturated carbocycles. The normalized spacial score (nSPS) is 10.7. The summed E-state index contributed by atoms with van der Waals surface area (Å²) in [6.45, 7) is 2.37. The Hall–Kier alpha value is -2.67. The van der Waals surface area contributed by atoms with Crippen LogP contribution in [0.5, 0.6) is 0 Å². The maximum atomic E-state index is 13.0. The number of rotatable bonds is 7. The maximum Gasteiger partial charge on any atom is 0.277 e. The molecule has 0 bridgehead atoms. The third-order valence-corrected chi connectivity index (χ3v) is 4.52. The van der Waals surface area contributed by atoms with Crippen LogP contribution >= 0.6 is 11.8 Å². The summed E-state index contributed by atoms with van der Waals surface area (Å²) in [5, 5.41) is 8.36. The summed E-state index contributed by atoms with van der Waals surface area (Å²) in [4.78, 5) is 14.0. The molecule has 2 aromatic carbocycles. The van der Waals surface area contributed by atoms with Crippen LogP contribution < -0.4 is 4.90 Å². The minimum Gasteiger partial charge on any atom is -0.416 e. The van der Waals surface area contributed by atoms with Crippen molar-refractivity contribution < 1.29 is 13.6 Å². The van der Waals surface area contributed by atoms with E-state index < -0.39 is 0 Å². The van der Waals surface area contributed by atoms with E-state index in [4.69, 9.17) is 4.42 Å². The number of carbonyl (C=O) groups is 1. The molecule has 3 aromatic rings. The van der Waals surface area contributed by atoms with Gasteiger partial charge in [-0.3, -0.25) is 4.79 Å². The van der Waals surface area contributed by atoms with Crippen molar-refractivity contribution in [3.8, 4) is 0 Å². The molecule has 0 aliphatic carbocycles. The summed E-state index contributed by atoms with van der Waals surface area (Å²) in [5.74, 6) is 0.241. The molecule has 0 atom stereocenters. The molecule has 1 amide bonds. The van der Waals surface area contributed by atoms with E-state index >= 15 is 0 Å². The highest BCUT2D eigenvalue weighted by Crippen LogP contribution is 2.21. The standard InChI is InChI=1S/C19H18FN3O2S/c1-2-23(16-10-8-15(20)9-11-16)18(24)13-26-19-22-21-17(25-19)12-14-6-4-3-5-7-14/h3-11H,2,12-13H2,1H3. The molecule has 0 radical (unpaired) electrons. The molecular weight excluding hydrogens is 353 g/mol. The van der Waals surface area contributed by atoms with Crippen molar-refractivity contribution in [1.82, 2.24) is 10.2 Å². The number of carbonyl (C=O) groups excluding carboxylic acids is 1. The quantitative estimate of drug-likeness (QED) is 0.589. The summed E-state index contributed by atoms with van der Waals surface area (Å²) in [5.41, 5.74) is 1.74. The molecule has 0 fully saturated rings. The van der Waals surface area contributed by atoms with Gasteiger partial charge in [-0.25, -0.2) is 4.39 Å². The Labute approximate surface area is 155 Å². The zero-order valence-electron chi connectivity index (χ0n) is 14.3. The molecule has 3 rings (SSSR count). The van der Waals surface area contributed by atoms with E-state index in [9.17, 15) is 9.18 Å². The third kappa shape index (κ3) is 4.70. The first kappa shape index (κ1) is 18.1. The minimum atomic E-state index is -0.330. The number of benzene rings is 2. The van der Waals surface area contributed by atoms with Gasteiger partial charge >= 0.3 is 0 Å². The molecule has 0 unspecified atom stereocenters. The van der Waals surface area contributed by atoms with Crippen molar-refractivity contribution in [1.29, 1.82) is 0 Å². The number of thioether (sulfide) groups is 1. The van der Waals surface area contributed by atoms with E-state index in [2.05, 4.69) is 10.2 Å². The van der Waals surface area contributed by atoms with Crippen LogP contribution in [0.4, 0.5) is 10.1 Å². The van der Waals surface area contributed by atoms with Gasteiger partial charge in [0, 0.05) is 12.2 Å². The van der Waals surface area contributed by atoms with Crippen molar-refractivity contribution >= 4 is 23.4 Å². The molecule has 0 N–H and O–H groups in total. The highest BCUT2D eigenvalue weighted by atomic mass is 32.2. The molecule has 0 saturated heterocycles. The van der Waals surface area contributed by atoms with Gasteiger partial charge in [0.15, 0.2) is 0 Å². The van der Waals surface area contributed by atoms with E-state index in [0.717, 1.165) is 5.56 Å². The maximum absolute atomic E-state index is 13.0. The molecule has 0 spiro atoms. The fourth-order valence-corrected chi connectivity index (χ4v) is 3.12. The Balaban J connectivity index is 1.58. The average Bonchev–Trinajstić information content (AvgIpc) is 3.10. The van der Waals surface area contributed by atoms with E-state index in [1.807, 2.05) is 37.3 Å². The third-order valence-electron chi connectivity index (χ3n) is 3.72. The van der Waals surface area contributed by atoms with E-state index in [0.29, 0.717) is 29.8 Å². The predicted molar refractivity (Wildman–Crippen MR) is 98.7 cm³/mol. The van der Waals surface area contributed by atoms with E-state index in [1.165, 1.54) is 23.9 Å². The van der Waals surface area contributed by atoms with Crippen LogP contribution in [0.25, 0.3) is 0 Å².